The number of hydrogen-bond donors (Lipinski definition) is 3. The molecule has 3 aromatic carbocycles. The standard InChI is InChI=1S/C24H17BrCl2N4O3/c1-13-18(27)3-2-4-19(13)29-23(33)24(34)30-31-20-10-5-15(25)11-14(20)12-21(31)22(32)28-17-8-6-16(26)7-9-17/h2-12H,1H3,(H,28,32)(H,29,33)(H,30,34). The van der Waals surface area contributed by atoms with E-state index in [4.69, 9.17) is 23.2 Å². The quantitative estimate of drug-likeness (QED) is 0.268. The SMILES string of the molecule is Cc1c(Cl)cccc1NC(=O)C(=O)Nn1c(C(=O)Nc2ccc(Cl)cc2)cc2cc(Br)ccc21. The summed E-state index contributed by atoms with van der Waals surface area (Å²) in [6.45, 7) is 1.73. The molecule has 0 aliphatic rings. The molecule has 10 heteroatoms. The number of nitrogens with zero attached hydrogens (tertiary/aromatic N) is 1. The Morgan fingerprint density at radius 2 is 1.62 bits per heavy atom. The Hall–Kier alpha value is -3.33. The lowest BCUT2D eigenvalue weighted by atomic mass is 10.2. The Morgan fingerprint density at radius 3 is 2.35 bits per heavy atom. The number of hydrogen-bond acceptors (Lipinski definition) is 3. The van der Waals surface area contributed by atoms with E-state index in [9.17, 15) is 14.4 Å². The molecule has 0 fully saturated rings. The molecule has 1 heterocycles. The Bertz CT molecular complexity index is 1430. The summed E-state index contributed by atoms with van der Waals surface area (Å²) in [5.41, 5.74) is 4.74. The minimum absolute atomic E-state index is 0.128. The minimum Gasteiger partial charge on any atom is -0.321 e. The Balaban J connectivity index is 1.63. The van der Waals surface area contributed by atoms with Crippen molar-refractivity contribution in [3.05, 3.63) is 92.5 Å². The van der Waals surface area contributed by atoms with Crippen LogP contribution in [0.1, 0.15) is 16.1 Å². The van der Waals surface area contributed by atoms with Crippen molar-refractivity contribution in [1.29, 1.82) is 0 Å². The number of nitrogens with one attached hydrogen (secondary N) is 3. The van der Waals surface area contributed by atoms with Gasteiger partial charge in [-0.15, -0.1) is 0 Å². The summed E-state index contributed by atoms with van der Waals surface area (Å²) in [6, 6.07) is 18.5. The van der Waals surface area contributed by atoms with Crippen LogP contribution in [-0.4, -0.2) is 22.4 Å². The van der Waals surface area contributed by atoms with Gasteiger partial charge in [-0.3, -0.25) is 19.8 Å². The number of benzene rings is 3. The number of carbonyl (C=O) groups is 3. The first-order chi connectivity index (χ1) is 16.2. The zero-order valence-electron chi connectivity index (χ0n) is 17.7. The Labute approximate surface area is 213 Å². The second kappa shape index (κ2) is 9.89. The number of carbonyl (C=O) groups excluding carboxylic acids is 3. The largest absolute Gasteiger partial charge is 0.328 e. The molecule has 4 aromatic rings. The normalized spacial score (nSPS) is 10.7. The van der Waals surface area contributed by atoms with Gasteiger partial charge in [0, 0.05) is 31.3 Å². The zero-order valence-corrected chi connectivity index (χ0v) is 20.8. The van der Waals surface area contributed by atoms with Crippen LogP contribution >= 0.6 is 39.1 Å². The molecule has 3 amide bonds. The molecule has 0 saturated heterocycles. The summed E-state index contributed by atoms with van der Waals surface area (Å²) in [5, 5.41) is 6.98. The van der Waals surface area contributed by atoms with Crippen LogP contribution in [0.2, 0.25) is 10.0 Å². The van der Waals surface area contributed by atoms with Gasteiger partial charge in [0.25, 0.3) is 5.91 Å². The molecule has 0 saturated carbocycles. The molecule has 0 atom stereocenters. The number of anilines is 2. The first kappa shape index (κ1) is 23.8. The van der Waals surface area contributed by atoms with E-state index in [0.29, 0.717) is 37.9 Å². The average Bonchev–Trinajstić information content (AvgIpc) is 3.15. The minimum atomic E-state index is -0.958. The van der Waals surface area contributed by atoms with E-state index in [0.717, 1.165) is 4.47 Å². The molecule has 1 aromatic heterocycles. The van der Waals surface area contributed by atoms with E-state index in [1.54, 1.807) is 73.7 Å². The average molecular weight is 560 g/mol. The Morgan fingerprint density at radius 1 is 0.882 bits per heavy atom. The van der Waals surface area contributed by atoms with E-state index in [-0.39, 0.29) is 5.69 Å². The molecule has 0 unspecified atom stereocenters. The van der Waals surface area contributed by atoms with Crippen molar-refractivity contribution in [2.24, 2.45) is 0 Å². The fourth-order valence-electron chi connectivity index (χ4n) is 3.28. The molecular formula is C24H17BrCl2N4O3. The van der Waals surface area contributed by atoms with Crippen molar-refractivity contribution in [2.75, 3.05) is 16.1 Å². The van der Waals surface area contributed by atoms with Gasteiger partial charge in [0.15, 0.2) is 0 Å². The third-order valence-corrected chi connectivity index (χ3v) is 6.19. The van der Waals surface area contributed by atoms with Gasteiger partial charge in [-0.05, 0) is 73.2 Å². The molecule has 0 aliphatic carbocycles. The number of halogens is 3. The first-order valence-electron chi connectivity index (χ1n) is 9.98. The molecule has 34 heavy (non-hydrogen) atoms. The maximum Gasteiger partial charge on any atom is 0.328 e. The van der Waals surface area contributed by atoms with Gasteiger partial charge in [0.2, 0.25) is 0 Å². The van der Waals surface area contributed by atoms with Crippen LogP contribution < -0.4 is 16.1 Å². The second-order valence-corrected chi connectivity index (χ2v) is 9.10. The number of amides is 3. The zero-order chi connectivity index (χ0) is 24.4. The van der Waals surface area contributed by atoms with Gasteiger partial charge < -0.3 is 10.6 Å². The lowest BCUT2D eigenvalue weighted by Gasteiger charge is -2.13. The number of fused-ring (bicyclic) bond motifs is 1. The number of aromatic nitrogens is 1. The van der Waals surface area contributed by atoms with Crippen LogP contribution in [0.15, 0.2) is 71.2 Å². The van der Waals surface area contributed by atoms with Crippen LogP contribution in [0.5, 0.6) is 0 Å². The molecule has 0 aliphatic heterocycles. The maximum absolute atomic E-state index is 13.1. The van der Waals surface area contributed by atoms with E-state index >= 15 is 0 Å². The Kier molecular flexibility index (Phi) is 6.92. The molecule has 172 valence electrons. The highest BCUT2D eigenvalue weighted by molar-refractivity contribution is 9.10. The van der Waals surface area contributed by atoms with Crippen molar-refractivity contribution in [3.8, 4) is 0 Å². The van der Waals surface area contributed by atoms with Gasteiger partial charge >= 0.3 is 11.8 Å². The van der Waals surface area contributed by atoms with Crippen molar-refractivity contribution in [3.63, 3.8) is 0 Å². The van der Waals surface area contributed by atoms with Gasteiger partial charge in [0.05, 0.1) is 5.52 Å². The fraction of sp³-hybridized carbons (Fsp3) is 0.0417. The molecule has 7 nitrogen and oxygen atoms in total. The second-order valence-electron chi connectivity index (χ2n) is 7.34. The summed E-state index contributed by atoms with van der Waals surface area (Å²) in [4.78, 5) is 38.4. The smallest absolute Gasteiger partial charge is 0.321 e. The van der Waals surface area contributed by atoms with Crippen molar-refractivity contribution < 1.29 is 14.4 Å². The molecule has 0 spiro atoms. The topological polar surface area (TPSA) is 92.2 Å². The predicted octanol–water partition coefficient (Wildman–Crippen LogP) is 5.98. The summed E-state index contributed by atoms with van der Waals surface area (Å²) in [6.07, 6.45) is 0. The highest BCUT2D eigenvalue weighted by Gasteiger charge is 2.22. The van der Waals surface area contributed by atoms with E-state index in [2.05, 4.69) is 32.0 Å². The fourth-order valence-corrected chi connectivity index (χ4v) is 3.96. The summed E-state index contributed by atoms with van der Waals surface area (Å²) in [5.74, 6) is -2.35. The van der Waals surface area contributed by atoms with Gasteiger partial charge in [-0.1, -0.05) is 45.2 Å². The van der Waals surface area contributed by atoms with E-state index in [1.807, 2.05) is 0 Å². The third-order valence-electron chi connectivity index (χ3n) is 5.03. The van der Waals surface area contributed by atoms with Gasteiger partial charge in [-0.2, -0.15) is 0 Å². The summed E-state index contributed by atoms with van der Waals surface area (Å²) < 4.78 is 2.07. The lowest BCUT2D eigenvalue weighted by molar-refractivity contribution is -0.133. The number of rotatable bonds is 4. The molecule has 0 radical (unpaired) electrons. The highest BCUT2D eigenvalue weighted by Crippen LogP contribution is 2.25. The first-order valence-corrected chi connectivity index (χ1v) is 11.5. The van der Waals surface area contributed by atoms with Crippen LogP contribution in [0.3, 0.4) is 0 Å². The van der Waals surface area contributed by atoms with E-state index in [1.165, 1.54) is 4.68 Å². The van der Waals surface area contributed by atoms with Crippen molar-refractivity contribution in [2.45, 2.75) is 6.92 Å². The molecular weight excluding hydrogens is 543 g/mol. The van der Waals surface area contributed by atoms with Crippen LogP contribution in [0.4, 0.5) is 11.4 Å². The maximum atomic E-state index is 13.1. The molecule has 3 N–H and O–H groups in total. The van der Waals surface area contributed by atoms with Crippen molar-refractivity contribution in [1.82, 2.24) is 4.68 Å². The summed E-state index contributed by atoms with van der Waals surface area (Å²) in [7, 11) is 0. The van der Waals surface area contributed by atoms with Crippen LogP contribution in [-0.2, 0) is 9.59 Å². The highest BCUT2D eigenvalue weighted by atomic mass is 79.9. The molecule has 4 rings (SSSR count). The predicted molar refractivity (Wildman–Crippen MR) is 138 cm³/mol. The van der Waals surface area contributed by atoms with Crippen molar-refractivity contribution >= 4 is 79.1 Å². The summed E-state index contributed by atoms with van der Waals surface area (Å²) >= 11 is 15.4. The lowest BCUT2D eigenvalue weighted by Crippen LogP contribution is -2.36. The van der Waals surface area contributed by atoms with Crippen LogP contribution in [0.25, 0.3) is 10.9 Å². The molecule has 0 bridgehead atoms. The monoisotopic (exact) mass is 558 g/mol. The van der Waals surface area contributed by atoms with Gasteiger partial charge in [-0.25, -0.2) is 4.68 Å². The van der Waals surface area contributed by atoms with E-state index < -0.39 is 17.7 Å². The van der Waals surface area contributed by atoms with Crippen LogP contribution in [0, 0.1) is 6.92 Å². The third kappa shape index (κ3) is 5.09. The van der Waals surface area contributed by atoms with Gasteiger partial charge in [0.1, 0.15) is 5.69 Å².